The zero-order valence-electron chi connectivity index (χ0n) is 14.5. The molecule has 0 radical (unpaired) electrons. The van der Waals surface area contributed by atoms with Crippen molar-refractivity contribution in [1.82, 2.24) is 4.72 Å². The normalized spacial score (nSPS) is 15.2. The Labute approximate surface area is 136 Å². The number of carbonyl (C=O) groups is 1. The maximum atomic E-state index is 12.2. The number of hydrogen-bond acceptors (Lipinski definition) is 3. The molecule has 0 aliphatic heterocycles. The summed E-state index contributed by atoms with van der Waals surface area (Å²) in [6.07, 6.45) is 0. The van der Waals surface area contributed by atoms with Crippen molar-refractivity contribution in [1.29, 1.82) is 0 Å². The van der Waals surface area contributed by atoms with E-state index in [2.05, 4.69) is 4.72 Å². The molecule has 5 heteroatoms. The van der Waals surface area contributed by atoms with Crippen LogP contribution in [0.4, 0.5) is 0 Å². The third-order valence-electron chi connectivity index (χ3n) is 2.86. The third-order valence-corrected chi connectivity index (χ3v) is 4.54. The quantitative estimate of drug-likeness (QED) is 0.858. The number of esters is 1. The number of ether oxygens (including phenoxy) is 1. The van der Waals surface area contributed by atoms with E-state index in [4.69, 9.17) is 4.74 Å². The van der Waals surface area contributed by atoms with Gasteiger partial charge in [0.25, 0.3) is 0 Å². The molecule has 1 rings (SSSR count). The van der Waals surface area contributed by atoms with Crippen LogP contribution in [0.1, 0.15) is 70.4 Å². The Morgan fingerprint density at radius 3 is 2.27 bits per heavy atom. The molecule has 2 atom stereocenters. The summed E-state index contributed by atoms with van der Waals surface area (Å²) in [5.41, 5.74) is 0.883. The van der Waals surface area contributed by atoms with Gasteiger partial charge in [-0.1, -0.05) is 12.1 Å². The fourth-order valence-corrected chi connectivity index (χ4v) is 2.49. The van der Waals surface area contributed by atoms with Gasteiger partial charge in [-0.2, -0.15) is 0 Å². The molecule has 4 nitrogen and oxygen atoms in total. The second-order valence-corrected chi connectivity index (χ2v) is 9.35. The minimum atomic E-state index is -1.17. The average molecular weight is 325 g/mol. The van der Waals surface area contributed by atoms with Crippen molar-refractivity contribution in [2.75, 3.05) is 0 Å². The summed E-state index contributed by atoms with van der Waals surface area (Å²) in [6, 6.07) is 7.11. The molecular formula is C17H27NO3S. The fraction of sp³-hybridized carbons (Fsp3) is 0.588. The lowest BCUT2D eigenvalue weighted by Gasteiger charge is -2.23. The second-order valence-electron chi connectivity index (χ2n) is 7.35. The van der Waals surface area contributed by atoms with Crippen molar-refractivity contribution in [2.24, 2.45) is 0 Å². The first-order valence-corrected chi connectivity index (χ1v) is 8.56. The van der Waals surface area contributed by atoms with Crippen LogP contribution in [0, 0.1) is 0 Å². The second kappa shape index (κ2) is 6.92. The van der Waals surface area contributed by atoms with E-state index in [1.807, 2.05) is 60.6 Å². The highest BCUT2D eigenvalue weighted by atomic mass is 32.2. The van der Waals surface area contributed by atoms with Gasteiger partial charge in [-0.05, 0) is 66.2 Å². The SMILES string of the molecule is C[C@@H](NS(=O)C(C)(C)C)c1cccc(C(=O)OC(C)(C)C)c1. The van der Waals surface area contributed by atoms with Gasteiger partial charge in [-0.25, -0.2) is 13.7 Å². The number of nitrogens with one attached hydrogen (secondary N) is 1. The first-order chi connectivity index (χ1) is 9.90. The zero-order chi connectivity index (χ0) is 17.1. The van der Waals surface area contributed by atoms with Crippen LogP contribution >= 0.6 is 0 Å². The molecule has 22 heavy (non-hydrogen) atoms. The van der Waals surface area contributed by atoms with Crippen LogP contribution in [-0.2, 0) is 15.7 Å². The minimum Gasteiger partial charge on any atom is -0.456 e. The summed E-state index contributed by atoms with van der Waals surface area (Å²) in [7, 11) is -1.17. The van der Waals surface area contributed by atoms with Gasteiger partial charge in [0, 0.05) is 6.04 Å². The standard InChI is InChI=1S/C17H27NO3S/c1-12(18-22(20)17(5,6)7)13-9-8-10-14(11-13)15(19)21-16(2,3)4/h8-12,18H,1-7H3/t12-,22?/m1/s1. The third kappa shape index (κ3) is 5.89. The van der Waals surface area contributed by atoms with Gasteiger partial charge in [0.1, 0.15) is 5.60 Å². The minimum absolute atomic E-state index is 0.123. The van der Waals surface area contributed by atoms with E-state index in [1.165, 1.54) is 0 Å². The maximum absolute atomic E-state index is 12.2. The highest BCUT2D eigenvalue weighted by molar-refractivity contribution is 7.84. The molecule has 1 N–H and O–H groups in total. The molecule has 1 aromatic carbocycles. The molecule has 0 amide bonds. The Balaban J connectivity index is 2.88. The van der Waals surface area contributed by atoms with Crippen LogP contribution in [0.15, 0.2) is 24.3 Å². The molecule has 0 heterocycles. The number of benzene rings is 1. The predicted molar refractivity (Wildman–Crippen MR) is 91.1 cm³/mol. The van der Waals surface area contributed by atoms with E-state index < -0.39 is 16.6 Å². The van der Waals surface area contributed by atoms with Gasteiger partial charge >= 0.3 is 5.97 Å². The maximum Gasteiger partial charge on any atom is 0.338 e. The van der Waals surface area contributed by atoms with E-state index in [-0.39, 0.29) is 16.8 Å². The molecule has 0 aliphatic carbocycles. The molecule has 0 saturated heterocycles. The van der Waals surface area contributed by atoms with Crippen LogP contribution < -0.4 is 4.72 Å². The zero-order valence-corrected chi connectivity index (χ0v) is 15.3. The van der Waals surface area contributed by atoms with Crippen LogP contribution in [0.25, 0.3) is 0 Å². The number of hydrogen-bond donors (Lipinski definition) is 1. The summed E-state index contributed by atoms with van der Waals surface area (Å²) in [5, 5.41) is 0. The van der Waals surface area contributed by atoms with Crippen molar-refractivity contribution in [3.8, 4) is 0 Å². The van der Waals surface area contributed by atoms with Crippen LogP contribution in [0.5, 0.6) is 0 Å². The van der Waals surface area contributed by atoms with Crippen LogP contribution in [0.3, 0.4) is 0 Å². The van der Waals surface area contributed by atoms with E-state index in [0.717, 1.165) is 5.56 Å². The van der Waals surface area contributed by atoms with Gasteiger partial charge in [-0.15, -0.1) is 0 Å². The molecule has 0 spiro atoms. The molecular weight excluding hydrogens is 298 g/mol. The molecule has 0 aromatic heterocycles. The largest absolute Gasteiger partial charge is 0.456 e. The van der Waals surface area contributed by atoms with E-state index in [1.54, 1.807) is 12.1 Å². The van der Waals surface area contributed by atoms with E-state index in [9.17, 15) is 9.00 Å². The van der Waals surface area contributed by atoms with Gasteiger partial charge in [0.2, 0.25) is 0 Å². The van der Waals surface area contributed by atoms with Crippen LogP contribution in [0.2, 0.25) is 0 Å². The van der Waals surface area contributed by atoms with Crippen LogP contribution in [-0.4, -0.2) is 20.5 Å². The van der Waals surface area contributed by atoms with Crippen molar-refractivity contribution in [3.05, 3.63) is 35.4 Å². The lowest BCUT2D eigenvalue weighted by molar-refractivity contribution is 0.00694. The lowest BCUT2D eigenvalue weighted by Crippen LogP contribution is -2.34. The molecule has 1 unspecified atom stereocenters. The Hall–Kier alpha value is -1.20. The first kappa shape index (κ1) is 18.8. The summed E-state index contributed by atoms with van der Waals surface area (Å²) in [6.45, 7) is 13.2. The topological polar surface area (TPSA) is 55.4 Å². The van der Waals surface area contributed by atoms with Crippen molar-refractivity contribution >= 4 is 17.0 Å². The van der Waals surface area contributed by atoms with Gasteiger partial charge in [-0.3, -0.25) is 0 Å². The van der Waals surface area contributed by atoms with Gasteiger partial charge in [0.05, 0.1) is 21.3 Å². The molecule has 0 bridgehead atoms. The molecule has 0 fully saturated rings. The Morgan fingerprint density at radius 1 is 1.18 bits per heavy atom. The smallest absolute Gasteiger partial charge is 0.338 e. The lowest BCUT2D eigenvalue weighted by atomic mass is 10.1. The molecule has 0 aliphatic rings. The Morgan fingerprint density at radius 2 is 1.77 bits per heavy atom. The fourth-order valence-electron chi connectivity index (χ4n) is 1.68. The summed E-state index contributed by atoms with van der Waals surface area (Å²) < 4.78 is 20.3. The van der Waals surface area contributed by atoms with E-state index in [0.29, 0.717) is 5.56 Å². The highest BCUT2D eigenvalue weighted by Gasteiger charge is 2.22. The highest BCUT2D eigenvalue weighted by Crippen LogP contribution is 2.19. The molecule has 1 aromatic rings. The van der Waals surface area contributed by atoms with Gasteiger partial charge in [0.15, 0.2) is 0 Å². The Bertz CT molecular complexity index is 556. The average Bonchev–Trinajstić information content (AvgIpc) is 2.35. The van der Waals surface area contributed by atoms with E-state index >= 15 is 0 Å². The molecule has 124 valence electrons. The number of rotatable bonds is 4. The van der Waals surface area contributed by atoms with Crippen molar-refractivity contribution < 1.29 is 13.7 Å². The number of carbonyl (C=O) groups excluding carboxylic acids is 1. The monoisotopic (exact) mass is 325 g/mol. The molecule has 0 saturated carbocycles. The summed E-state index contributed by atoms with van der Waals surface area (Å²) >= 11 is 0. The van der Waals surface area contributed by atoms with Crippen molar-refractivity contribution in [3.63, 3.8) is 0 Å². The summed E-state index contributed by atoms with van der Waals surface area (Å²) in [5.74, 6) is -0.349. The first-order valence-electron chi connectivity index (χ1n) is 7.41. The van der Waals surface area contributed by atoms with Crippen molar-refractivity contribution in [2.45, 2.75) is 64.9 Å². The van der Waals surface area contributed by atoms with Gasteiger partial charge < -0.3 is 4.74 Å². The predicted octanol–water partition coefficient (Wildman–Crippen LogP) is 3.75. The Kier molecular flexibility index (Phi) is 5.93. The summed E-state index contributed by atoms with van der Waals surface area (Å²) in [4.78, 5) is 12.1.